The van der Waals surface area contributed by atoms with Crippen molar-refractivity contribution in [2.75, 3.05) is 14.1 Å². The third-order valence-corrected chi connectivity index (χ3v) is 4.12. The highest BCUT2D eigenvalue weighted by molar-refractivity contribution is 6.37. The minimum absolute atomic E-state index is 0. The molecule has 0 radical (unpaired) electrons. The first-order valence-electron chi connectivity index (χ1n) is 8.93. The summed E-state index contributed by atoms with van der Waals surface area (Å²) in [6.45, 7) is 2.30. The third kappa shape index (κ3) is 7.18. The number of nitrogens with zero attached hydrogens (tertiary/aromatic N) is 1. The number of ketones is 1. The minimum atomic E-state index is -1.07. The Morgan fingerprint density at radius 1 is 1.03 bits per heavy atom. The number of halogens is 1. The lowest BCUT2D eigenvalue weighted by Gasteiger charge is -2.12. The Morgan fingerprint density at radius 3 is 2.24 bits per heavy atom. The van der Waals surface area contributed by atoms with Crippen molar-refractivity contribution in [1.82, 2.24) is 10.2 Å². The van der Waals surface area contributed by atoms with Crippen molar-refractivity contribution in [3.05, 3.63) is 70.8 Å². The molecule has 0 saturated carbocycles. The van der Waals surface area contributed by atoms with Crippen molar-refractivity contribution in [2.24, 2.45) is 5.73 Å². The molecule has 7 heteroatoms. The van der Waals surface area contributed by atoms with E-state index in [1.165, 1.54) is 12.5 Å². The molecule has 0 fully saturated rings. The van der Waals surface area contributed by atoms with Crippen molar-refractivity contribution >= 4 is 42.2 Å². The summed E-state index contributed by atoms with van der Waals surface area (Å²) in [4.78, 5) is 37.2. The number of Topliss-reactive ketones (excluding diaryl/α,β-unsaturated/α-hetero) is 1. The van der Waals surface area contributed by atoms with E-state index in [9.17, 15) is 14.4 Å². The number of carbonyl (C=O) groups excluding carboxylic acids is 3. The first-order chi connectivity index (χ1) is 13.3. The van der Waals surface area contributed by atoms with Crippen molar-refractivity contribution in [3.8, 4) is 0 Å². The number of amides is 2. The Kier molecular flexibility index (Phi) is 9.25. The Morgan fingerprint density at radius 2 is 1.66 bits per heavy atom. The first kappa shape index (κ1) is 24.1. The van der Waals surface area contributed by atoms with Crippen LogP contribution in [0.5, 0.6) is 0 Å². The zero-order chi connectivity index (χ0) is 20.7. The number of primary amides is 1. The Balaban J connectivity index is 0.00000420. The van der Waals surface area contributed by atoms with Crippen LogP contribution in [0.4, 0.5) is 0 Å². The molecule has 0 bridgehead atoms. The molecule has 0 saturated heterocycles. The van der Waals surface area contributed by atoms with Crippen LogP contribution in [0.1, 0.15) is 34.0 Å². The zero-order valence-corrected chi connectivity index (χ0v) is 17.5. The van der Waals surface area contributed by atoms with E-state index in [1.807, 2.05) is 50.5 Å². The predicted molar refractivity (Wildman–Crippen MR) is 118 cm³/mol. The predicted octanol–water partition coefficient (Wildman–Crippen LogP) is 2.51. The molecular weight excluding hydrogens is 390 g/mol. The van der Waals surface area contributed by atoms with E-state index in [1.54, 1.807) is 12.1 Å². The second kappa shape index (κ2) is 11.1. The lowest BCUT2D eigenvalue weighted by molar-refractivity contribution is -0.136. The van der Waals surface area contributed by atoms with E-state index >= 15 is 0 Å². The van der Waals surface area contributed by atoms with Crippen LogP contribution in [-0.4, -0.2) is 42.6 Å². The maximum atomic E-state index is 12.5. The highest BCUT2D eigenvalue weighted by atomic mass is 35.5. The smallest absolute Gasteiger partial charge is 0.287 e. The molecule has 0 aromatic heterocycles. The van der Waals surface area contributed by atoms with Crippen LogP contribution in [0.25, 0.3) is 12.2 Å². The van der Waals surface area contributed by atoms with Gasteiger partial charge in [0.2, 0.25) is 5.78 Å². The normalized spacial score (nSPS) is 11.7. The average molecular weight is 416 g/mol. The SMILES string of the molecule is CC(NC(=O)c1ccccc1C=Cc1ccc(CN(C)C)cc1)C(=O)C(N)=O.Cl. The molecule has 0 heterocycles. The third-order valence-electron chi connectivity index (χ3n) is 4.12. The summed E-state index contributed by atoms with van der Waals surface area (Å²) in [6, 6.07) is 14.2. The van der Waals surface area contributed by atoms with Gasteiger partial charge in [0.25, 0.3) is 11.8 Å². The van der Waals surface area contributed by atoms with Crippen molar-refractivity contribution < 1.29 is 14.4 Å². The molecule has 154 valence electrons. The van der Waals surface area contributed by atoms with E-state index in [0.29, 0.717) is 11.1 Å². The minimum Gasteiger partial charge on any atom is -0.363 e. The second-order valence-electron chi connectivity index (χ2n) is 6.82. The summed E-state index contributed by atoms with van der Waals surface area (Å²) in [5, 5.41) is 2.51. The van der Waals surface area contributed by atoms with Crippen LogP contribution in [-0.2, 0) is 16.1 Å². The van der Waals surface area contributed by atoms with Crippen molar-refractivity contribution in [3.63, 3.8) is 0 Å². The van der Waals surface area contributed by atoms with Gasteiger partial charge in [0.05, 0.1) is 6.04 Å². The Labute approximate surface area is 177 Å². The van der Waals surface area contributed by atoms with E-state index in [0.717, 1.165) is 12.1 Å². The van der Waals surface area contributed by atoms with Gasteiger partial charge in [-0.2, -0.15) is 0 Å². The van der Waals surface area contributed by atoms with E-state index in [-0.39, 0.29) is 12.4 Å². The van der Waals surface area contributed by atoms with Gasteiger partial charge in [-0.05, 0) is 43.8 Å². The number of carbonyl (C=O) groups is 3. The van der Waals surface area contributed by atoms with Crippen LogP contribution in [0, 0.1) is 0 Å². The molecule has 0 spiro atoms. The molecule has 3 N–H and O–H groups in total. The van der Waals surface area contributed by atoms with E-state index in [4.69, 9.17) is 5.73 Å². The van der Waals surface area contributed by atoms with Gasteiger partial charge in [0.15, 0.2) is 0 Å². The van der Waals surface area contributed by atoms with Crippen LogP contribution in [0.15, 0.2) is 48.5 Å². The summed E-state index contributed by atoms with van der Waals surface area (Å²) in [5.74, 6) is -2.35. The van der Waals surface area contributed by atoms with Crippen molar-refractivity contribution in [1.29, 1.82) is 0 Å². The number of benzene rings is 2. The topological polar surface area (TPSA) is 92.5 Å². The number of hydrogen-bond acceptors (Lipinski definition) is 4. The van der Waals surface area contributed by atoms with E-state index < -0.39 is 23.6 Å². The molecule has 2 aromatic carbocycles. The monoisotopic (exact) mass is 415 g/mol. The highest BCUT2D eigenvalue weighted by Gasteiger charge is 2.21. The van der Waals surface area contributed by atoms with Gasteiger partial charge >= 0.3 is 0 Å². The molecule has 0 aliphatic rings. The average Bonchev–Trinajstić information content (AvgIpc) is 2.66. The molecular formula is C22H26ClN3O3. The summed E-state index contributed by atoms with van der Waals surface area (Å²) >= 11 is 0. The van der Waals surface area contributed by atoms with Gasteiger partial charge in [-0.15, -0.1) is 12.4 Å². The molecule has 0 aliphatic heterocycles. The fourth-order valence-electron chi connectivity index (χ4n) is 2.69. The van der Waals surface area contributed by atoms with Gasteiger partial charge < -0.3 is 16.0 Å². The standard InChI is InChI=1S/C22H25N3O3.ClH/c1-15(20(26)21(23)27)24-22(28)19-7-5-4-6-18(19)13-12-16-8-10-17(11-9-16)14-25(2)3;/h4-13,15H,14H2,1-3H3,(H2,23,27)(H,24,28);1H. The van der Waals surface area contributed by atoms with Gasteiger partial charge in [-0.25, -0.2) is 0 Å². The highest BCUT2D eigenvalue weighted by Crippen LogP contribution is 2.15. The van der Waals surface area contributed by atoms with Crippen LogP contribution < -0.4 is 11.1 Å². The van der Waals surface area contributed by atoms with E-state index in [2.05, 4.69) is 22.3 Å². The molecule has 1 unspecified atom stereocenters. The summed E-state index contributed by atoms with van der Waals surface area (Å²) in [7, 11) is 4.04. The number of nitrogens with one attached hydrogen (secondary N) is 1. The Bertz CT molecular complexity index is 892. The molecule has 2 amide bonds. The molecule has 2 aromatic rings. The Hall–Kier alpha value is -2.96. The van der Waals surface area contributed by atoms with Crippen molar-refractivity contribution in [2.45, 2.75) is 19.5 Å². The largest absolute Gasteiger partial charge is 0.363 e. The molecule has 29 heavy (non-hydrogen) atoms. The quantitative estimate of drug-likeness (QED) is 0.511. The molecule has 1 atom stereocenters. The zero-order valence-electron chi connectivity index (χ0n) is 16.7. The molecule has 2 rings (SSSR count). The van der Waals surface area contributed by atoms with Gasteiger partial charge in [-0.1, -0.05) is 54.6 Å². The molecule has 6 nitrogen and oxygen atoms in total. The molecule has 0 aliphatic carbocycles. The fraction of sp³-hybridized carbons (Fsp3) is 0.227. The maximum absolute atomic E-state index is 12.5. The fourth-order valence-corrected chi connectivity index (χ4v) is 2.69. The summed E-state index contributed by atoms with van der Waals surface area (Å²) < 4.78 is 0. The second-order valence-corrected chi connectivity index (χ2v) is 6.82. The van der Waals surface area contributed by atoms with Gasteiger partial charge in [0.1, 0.15) is 0 Å². The maximum Gasteiger partial charge on any atom is 0.287 e. The first-order valence-corrected chi connectivity index (χ1v) is 8.93. The van der Waals surface area contributed by atoms with Crippen LogP contribution in [0.2, 0.25) is 0 Å². The van der Waals surface area contributed by atoms with Gasteiger partial charge in [0, 0.05) is 12.1 Å². The van der Waals surface area contributed by atoms with Crippen LogP contribution >= 0.6 is 12.4 Å². The summed E-state index contributed by atoms with van der Waals surface area (Å²) in [6.07, 6.45) is 3.76. The van der Waals surface area contributed by atoms with Crippen LogP contribution in [0.3, 0.4) is 0 Å². The number of nitrogens with two attached hydrogens (primary N) is 1. The summed E-state index contributed by atoms with van der Waals surface area (Å²) in [5.41, 5.74) is 8.32. The number of rotatable bonds is 8. The lowest BCUT2D eigenvalue weighted by Crippen LogP contribution is -2.44. The van der Waals surface area contributed by atoms with Gasteiger partial charge in [-0.3, -0.25) is 14.4 Å². The lowest BCUT2D eigenvalue weighted by atomic mass is 10.0. The number of hydrogen-bond donors (Lipinski definition) is 2.